The first-order valence-electron chi connectivity index (χ1n) is 10.1. The topological polar surface area (TPSA) is 85.1 Å². The molecule has 3 aromatic rings. The van der Waals surface area contributed by atoms with E-state index in [1.165, 1.54) is 24.2 Å². The minimum atomic E-state index is 0.155. The van der Waals surface area contributed by atoms with E-state index in [0.717, 1.165) is 30.8 Å². The van der Waals surface area contributed by atoms with Gasteiger partial charge in [0.05, 0.1) is 16.9 Å². The molecular formula is C21H25N5O2S. The summed E-state index contributed by atoms with van der Waals surface area (Å²) >= 11 is 1.38. The molecule has 2 bridgehead atoms. The zero-order valence-corrected chi connectivity index (χ0v) is 17.4. The maximum Gasteiger partial charge on any atom is 0.294 e. The van der Waals surface area contributed by atoms with E-state index >= 15 is 0 Å². The fourth-order valence-corrected chi connectivity index (χ4v) is 5.23. The number of nitrogens with zero attached hydrogens (tertiary/aromatic N) is 4. The lowest BCUT2D eigenvalue weighted by Crippen LogP contribution is -2.41. The molecule has 7 nitrogen and oxygen atoms in total. The molecule has 1 saturated carbocycles. The Hall–Kier alpha value is -2.45. The molecule has 3 atom stereocenters. The van der Waals surface area contributed by atoms with E-state index in [-0.39, 0.29) is 11.9 Å². The van der Waals surface area contributed by atoms with Gasteiger partial charge in [-0.05, 0) is 56.2 Å². The number of ether oxygens (including phenoxy) is 1. The van der Waals surface area contributed by atoms with Crippen LogP contribution in [0.15, 0.2) is 30.5 Å². The molecule has 2 aliphatic heterocycles. The van der Waals surface area contributed by atoms with Gasteiger partial charge in [0.15, 0.2) is 5.01 Å². The third kappa shape index (κ3) is 3.74. The number of phenolic OH excluding ortho intramolecular Hbond substituents is 1. The van der Waals surface area contributed by atoms with Crippen LogP contribution >= 0.6 is 11.3 Å². The van der Waals surface area contributed by atoms with Crippen LogP contribution in [0.4, 0.5) is 0 Å². The first kappa shape index (κ1) is 18.6. The molecule has 2 aromatic heterocycles. The van der Waals surface area contributed by atoms with Crippen LogP contribution in [0.5, 0.6) is 10.9 Å². The molecule has 2 N–H and O–H groups in total. The van der Waals surface area contributed by atoms with Gasteiger partial charge in [0, 0.05) is 24.8 Å². The molecule has 4 heterocycles. The lowest BCUT2D eigenvalue weighted by atomic mass is 9.80. The molecule has 0 spiro atoms. The van der Waals surface area contributed by atoms with Gasteiger partial charge in [-0.3, -0.25) is 0 Å². The molecule has 2 saturated heterocycles. The predicted molar refractivity (Wildman–Crippen MR) is 112 cm³/mol. The Bertz CT molecular complexity index is 1020. The van der Waals surface area contributed by atoms with Crippen molar-refractivity contribution in [2.75, 3.05) is 6.54 Å². The van der Waals surface area contributed by atoms with Crippen molar-refractivity contribution in [3.05, 3.63) is 36.2 Å². The van der Waals surface area contributed by atoms with Crippen molar-refractivity contribution >= 4 is 11.3 Å². The summed E-state index contributed by atoms with van der Waals surface area (Å²) in [5.74, 6) is 0.155. The van der Waals surface area contributed by atoms with Crippen LogP contribution in [0.25, 0.3) is 16.3 Å². The lowest BCUT2D eigenvalue weighted by molar-refractivity contribution is 0.139. The molecule has 152 valence electrons. The highest BCUT2D eigenvalue weighted by molar-refractivity contribution is 7.16. The van der Waals surface area contributed by atoms with E-state index < -0.39 is 0 Å². The maximum atomic E-state index is 10.5. The van der Waals surface area contributed by atoms with Crippen molar-refractivity contribution in [1.82, 2.24) is 25.3 Å². The molecule has 0 radical (unpaired) electrons. The average Bonchev–Trinajstić information content (AvgIpc) is 3.25. The predicted octanol–water partition coefficient (Wildman–Crippen LogP) is 3.70. The smallest absolute Gasteiger partial charge is 0.294 e. The normalized spacial score (nSPS) is 26.4. The number of hydrogen-bond acceptors (Lipinski definition) is 7. The second-order valence-corrected chi connectivity index (χ2v) is 9.52. The van der Waals surface area contributed by atoms with Gasteiger partial charge < -0.3 is 15.2 Å². The quantitative estimate of drug-likeness (QED) is 0.681. The lowest BCUT2D eigenvalue weighted by Gasteiger charge is -2.33. The molecule has 0 amide bonds. The van der Waals surface area contributed by atoms with Crippen LogP contribution < -0.4 is 10.1 Å². The largest absolute Gasteiger partial charge is 0.507 e. The number of fused-ring (bicyclic) bond motifs is 4. The van der Waals surface area contributed by atoms with Crippen LogP contribution in [-0.2, 0) is 0 Å². The Balaban J connectivity index is 1.33. The summed E-state index contributed by atoms with van der Waals surface area (Å²) in [4.78, 5) is 0. The van der Waals surface area contributed by atoms with Crippen LogP contribution in [0.3, 0.4) is 0 Å². The summed E-state index contributed by atoms with van der Waals surface area (Å²) in [7, 11) is 0. The second kappa shape index (κ2) is 7.11. The fraction of sp³-hybridized carbons (Fsp3) is 0.476. The van der Waals surface area contributed by atoms with Crippen LogP contribution in [-0.4, -0.2) is 43.8 Å². The van der Waals surface area contributed by atoms with E-state index in [1.807, 2.05) is 31.3 Å². The third-order valence-corrected chi connectivity index (χ3v) is 6.90. The van der Waals surface area contributed by atoms with Gasteiger partial charge in [0.2, 0.25) is 0 Å². The Morgan fingerprint density at radius 3 is 2.93 bits per heavy atom. The number of nitrogens with one attached hydrogen (secondary N) is 1. The second-order valence-electron chi connectivity index (χ2n) is 8.58. The zero-order chi connectivity index (χ0) is 20.0. The standard InChI is InChI=1S/C21H25N5O2S/c1-13-6-8-26(25-13)15-3-4-17(18(27)10-15)19-23-24-20(29-19)28-16-9-14-5-7-21(2,11-16)12-22-14/h3-4,6,8,10,14,16,22,27H,5,7,9,11-12H2,1-2H3. The Morgan fingerprint density at radius 1 is 1.31 bits per heavy atom. The van der Waals surface area contributed by atoms with E-state index in [0.29, 0.717) is 27.2 Å². The van der Waals surface area contributed by atoms with Gasteiger partial charge in [-0.1, -0.05) is 23.4 Å². The number of aryl methyl sites for hydroxylation is 1. The Morgan fingerprint density at radius 2 is 2.21 bits per heavy atom. The summed E-state index contributed by atoms with van der Waals surface area (Å²) in [5, 5.41) is 28.3. The molecule has 3 fully saturated rings. The van der Waals surface area contributed by atoms with E-state index in [4.69, 9.17) is 4.74 Å². The maximum absolute atomic E-state index is 10.5. The molecule has 1 aliphatic carbocycles. The molecule has 8 heteroatoms. The first-order chi connectivity index (χ1) is 14.0. The van der Waals surface area contributed by atoms with Crippen molar-refractivity contribution in [3.8, 4) is 27.2 Å². The third-order valence-electron chi connectivity index (χ3n) is 6.05. The summed E-state index contributed by atoms with van der Waals surface area (Å²) in [5.41, 5.74) is 2.68. The van der Waals surface area contributed by atoms with Gasteiger partial charge in [-0.25, -0.2) is 4.68 Å². The first-order valence-corrected chi connectivity index (χ1v) is 10.9. The zero-order valence-electron chi connectivity index (χ0n) is 16.6. The summed E-state index contributed by atoms with van der Waals surface area (Å²) in [6, 6.07) is 7.92. The van der Waals surface area contributed by atoms with Gasteiger partial charge in [-0.15, -0.1) is 5.10 Å². The summed E-state index contributed by atoms with van der Waals surface area (Å²) < 4.78 is 7.97. The number of hydrogen-bond donors (Lipinski definition) is 2. The summed E-state index contributed by atoms with van der Waals surface area (Å²) in [6.45, 7) is 5.34. The van der Waals surface area contributed by atoms with Gasteiger partial charge >= 0.3 is 0 Å². The Kier molecular flexibility index (Phi) is 4.55. The van der Waals surface area contributed by atoms with Crippen molar-refractivity contribution in [2.45, 2.75) is 51.7 Å². The Labute approximate surface area is 173 Å². The number of phenols is 1. The fourth-order valence-electron chi connectivity index (χ4n) is 4.43. The van der Waals surface area contributed by atoms with E-state index in [9.17, 15) is 5.11 Å². The van der Waals surface area contributed by atoms with Crippen LogP contribution in [0.2, 0.25) is 0 Å². The number of piperidine rings is 1. The molecule has 6 rings (SSSR count). The highest BCUT2D eigenvalue weighted by atomic mass is 32.1. The van der Waals surface area contributed by atoms with Crippen LogP contribution in [0.1, 0.15) is 38.3 Å². The minimum Gasteiger partial charge on any atom is -0.507 e. The summed E-state index contributed by atoms with van der Waals surface area (Å²) in [6.07, 6.45) is 6.54. The highest BCUT2D eigenvalue weighted by Gasteiger charge is 2.39. The average molecular weight is 412 g/mol. The molecule has 3 aliphatic rings. The molecule has 29 heavy (non-hydrogen) atoms. The number of rotatable bonds is 4. The SMILES string of the molecule is Cc1ccn(-c2ccc(-c3nnc(OC4CC5CCC(C)(CN5)C4)s3)c(O)c2)n1. The molecule has 3 unspecified atom stereocenters. The van der Waals surface area contributed by atoms with Gasteiger partial charge in [-0.2, -0.15) is 5.10 Å². The monoisotopic (exact) mass is 411 g/mol. The van der Waals surface area contributed by atoms with Gasteiger partial charge in [0.1, 0.15) is 11.9 Å². The molecular weight excluding hydrogens is 386 g/mol. The van der Waals surface area contributed by atoms with Crippen LogP contribution in [0, 0.1) is 12.3 Å². The van der Waals surface area contributed by atoms with Gasteiger partial charge in [0.25, 0.3) is 5.19 Å². The number of benzene rings is 1. The van der Waals surface area contributed by atoms with Crippen molar-refractivity contribution in [3.63, 3.8) is 0 Å². The minimum absolute atomic E-state index is 0.155. The van der Waals surface area contributed by atoms with Crippen molar-refractivity contribution < 1.29 is 9.84 Å². The number of aromatic hydroxyl groups is 1. The number of aromatic nitrogens is 4. The van der Waals surface area contributed by atoms with E-state index in [2.05, 4.69) is 27.5 Å². The van der Waals surface area contributed by atoms with Crippen molar-refractivity contribution in [1.29, 1.82) is 0 Å². The molecule has 1 aromatic carbocycles. The van der Waals surface area contributed by atoms with E-state index in [1.54, 1.807) is 10.7 Å². The highest BCUT2D eigenvalue weighted by Crippen LogP contribution is 2.41. The van der Waals surface area contributed by atoms with Crippen molar-refractivity contribution in [2.24, 2.45) is 5.41 Å².